The van der Waals surface area contributed by atoms with Crippen molar-refractivity contribution >= 4 is 5.78 Å². The molecular weight excluding hydrogens is 362 g/mol. The third-order valence-electron chi connectivity index (χ3n) is 9.52. The summed E-state index contributed by atoms with van der Waals surface area (Å²) in [4.78, 5) is 18.1. The summed E-state index contributed by atoms with van der Waals surface area (Å²) in [6.45, 7) is 8.84. The van der Waals surface area contributed by atoms with Crippen LogP contribution in [0.3, 0.4) is 0 Å². The van der Waals surface area contributed by atoms with Gasteiger partial charge in [-0.1, -0.05) is 27.7 Å². The zero-order valence-corrected chi connectivity index (χ0v) is 18.6. The molecule has 8 atom stereocenters. The summed E-state index contributed by atoms with van der Waals surface area (Å²) in [5, 5.41) is 11.7. The van der Waals surface area contributed by atoms with Gasteiger partial charge in [-0.3, -0.25) is 9.78 Å². The van der Waals surface area contributed by atoms with E-state index in [1.165, 1.54) is 0 Å². The van der Waals surface area contributed by atoms with Gasteiger partial charge in [-0.25, -0.2) is 0 Å². The van der Waals surface area contributed by atoms with Gasteiger partial charge in [0.15, 0.2) is 0 Å². The Morgan fingerprint density at radius 3 is 2.48 bits per heavy atom. The van der Waals surface area contributed by atoms with E-state index in [-0.39, 0.29) is 28.8 Å². The predicted octanol–water partition coefficient (Wildman–Crippen LogP) is 4.45. The molecule has 1 heterocycles. The van der Waals surface area contributed by atoms with Crippen LogP contribution in [0, 0.1) is 34.0 Å². The van der Waals surface area contributed by atoms with E-state index in [2.05, 4.69) is 32.7 Å². The maximum Gasteiger partial charge on any atom is 0.142 e. The number of ether oxygens (including phenoxy) is 1. The molecule has 2 unspecified atom stereocenters. The third-order valence-corrected chi connectivity index (χ3v) is 9.52. The van der Waals surface area contributed by atoms with Gasteiger partial charge in [-0.15, -0.1) is 0 Å². The fraction of sp³-hybridized carbons (Fsp3) is 0.760. The number of methoxy groups -OCH3 is 1. The van der Waals surface area contributed by atoms with Crippen LogP contribution in [0.4, 0.5) is 0 Å². The number of nitrogens with zero attached hydrogens (tertiary/aromatic N) is 1. The molecule has 1 aromatic heterocycles. The quantitative estimate of drug-likeness (QED) is 0.816. The van der Waals surface area contributed by atoms with Gasteiger partial charge in [-0.05, 0) is 73.5 Å². The average molecular weight is 400 g/mol. The van der Waals surface area contributed by atoms with Crippen molar-refractivity contribution in [2.24, 2.45) is 34.0 Å². The van der Waals surface area contributed by atoms with Gasteiger partial charge in [0.25, 0.3) is 0 Å². The highest BCUT2D eigenvalue weighted by atomic mass is 16.5. The topological polar surface area (TPSA) is 59.4 Å². The highest BCUT2D eigenvalue weighted by Crippen LogP contribution is 2.68. The molecule has 4 heteroatoms. The summed E-state index contributed by atoms with van der Waals surface area (Å²) < 4.78 is 5.97. The van der Waals surface area contributed by atoms with E-state index in [9.17, 15) is 9.90 Å². The summed E-state index contributed by atoms with van der Waals surface area (Å²) in [5.74, 6) is 0.964. The molecule has 3 aliphatic carbocycles. The van der Waals surface area contributed by atoms with Gasteiger partial charge in [0, 0.05) is 36.3 Å². The first-order chi connectivity index (χ1) is 13.7. The molecule has 1 N–H and O–H groups in total. The van der Waals surface area contributed by atoms with Crippen molar-refractivity contribution in [1.82, 2.24) is 4.98 Å². The van der Waals surface area contributed by atoms with Crippen molar-refractivity contribution in [1.29, 1.82) is 0 Å². The van der Waals surface area contributed by atoms with E-state index in [0.717, 1.165) is 31.2 Å². The predicted molar refractivity (Wildman–Crippen MR) is 113 cm³/mol. The molecular formula is C25H37NO3. The summed E-state index contributed by atoms with van der Waals surface area (Å²) >= 11 is 0. The number of aliphatic hydroxyl groups is 1. The molecule has 0 saturated heterocycles. The molecule has 0 aliphatic heterocycles. The first-order valence-electron chi connectivity index (χ1n) is 11.3. The lowest BCUT2D eigenvalue weighted by atomic mass is 9.43. The molecule has 1 aromatic rings. The molecule has 3 aliphatic rings. The van der Waals surface area contributed by atoms with Crippen LogP contribution >= 0.6 is 0 Å². The number of hydrogen-bond donors (Lipinski definition) is 1. The van der Waals surface area contributed by atoms with E-state index >= 15 is 0 Å². The standard InChI is InChI=1S/C25H37NO3/c1-16-6-10-25-11-7-19(29-5)21(25)24(16,4)20(27)15-23(3,22(28)17(25)2)14-18-8-12-26-13-9-18/h8-9,12-13,16-17,19-21,27H,6-7,10-11,14-15H2,1-5H3/t16-,17+,19-,20-,21?,23-,24+,25?/m1/s1. The van der Waals surface area contributed by atoms with Crippen LogP contribution in [0.2, 0.25) is 0 Å². The van der Waals surface area contributed by atoms with Crippen LogP contribution in [0.5, 0.6) is 0 Å². The molecule has 4 rings (SSSR count). The van der Waals surface area contributed by atoms with Crippen molar-refractivity contribution in [2.45, 2.75) is 78.4 Å². The number of pyridine rings is 1. The maximum absolute atomic E-state index is 14.0. The number of aliphatic hydroxyl groups excluding tert-OH is 1. The van der Waals surface area contributed by atoms with Gasteiger partial charge in [0.05, 0.1) is 12.2 Å². The lowest BCUT2D eigenvalue weighted by molar-refractivity contribution is -0.191. The Kier molecular flexibility index (Phi) is 5.18. The van der Waals surface area contributed by atoms with E-state index in [4.69, 9.17) is 4.74 Å². The first-order valence-corrected chi connectivity index (χ1v) is 11.3. The highest BCUT2D eigenvalue weighted by Gasteiger charge is 2.67. The molecule has 0 amide bonds. The maximum atomic E-state index is 14.0. The number of rotatable bonds is 3. The normalized spacial score (nSPS) is 47.4. The number of carbonyl (C=O) groups excluding carboxylic acids is 1. The lowest BCUT2D eigenvalue weighted by Crippen LogP contribution is -2.62. The lowest BCUT2D eigenvalue weighted by Gasteiger charge is -2.61. The molecule has 29 heavy (non-hydrogen) atoms. The SMILES string of the molecule is CO[C@@H]1CCC23CC[C@@H](C)[C@](C)(C12)[C@H](O)C[C@@](C)(Cc1ccncc1)C(=O)[C@@H]3C. The van der Waals surface area contributed by atoms with Crippen LogP contribution in [-0.2, 0) is 16.0 Å². The average Bonchev–Trinajstić information content (AvgIpc) is 3.10. The van der Waals surface area contributed by atoms with E-state index < -0.39 is 11.5 Å². The van der Waals surface area contributed by atoms with Gasteiger partial charge in [0.1, 0.15) is 5.78 Å². The number of carbonyl (C=O) groups is 1. The van der Waals surface area contributed by atoms with Crippen LogP contribution in [0.15, 0.2) is 24.5 Å². The van der Waals surface area contributed by atoms with Crippen LogP contribution < -0.4 is 0 Å². The monoisotopic (exact) mass is 399 g/mol. The van der Waals surface area contributed by atoms with E-state index in [1.807, 2.05) is 12.1 Å². The van der Waals surface area contributed by atoms with Crippen LogP contribution in [0.25, 0.3) is 0 Å². The van der Waals surface area contributed by atoms with Crippen molar-refractivity contribution in [2.75, 3.05) is 7.11 Å². The van der Waals surface area contributed by atoms with Crippen molar-refractivity contribution in [3.63, 3.8) is 0 Å². The second-order valence-corrected chi connectivity index (χ2v) is 10.7. The number of hydrogen-bond acceptors (Lipinski definition) is 4. The number of ketones is 1. The summed E-state index contributed by atoms with van der Waals surface area (Å²) in [6, 6.07) is 3.99. The first kappa shape index (κ1) is 21.0. The Bertz CT molecular complexity index is 767. The largest absolute Gasteiger partial charge is 0.393 e. The Hall–Kier alpha value is -1.26. The number of aromatic nitrogens is 1. The fourth-order valence-electron chi connectivity index (χ4n) is 7.64. The van der Waals surface area contributed by atoms with Crippen molar-refractivity contribution in [3.05, 3.63) is 30.1 Å². The molecule has 2 bridgehead atoms. The third kappa shape index (κ3) is 2.93. The van der Waals surface area contributed by atoms with Gasteiger partial charge < -0.3 is 9.84 Å². The summed E-state index contributed by atoms with van der Waals surface area (Å²) in [6.07, 6.45) is 8.56. The van der Waals surface area contributed by atoms with Gasteiger partial charge in [-0.2, -0.15) is 0 Å². The smallest absolute Gasteiger partial charge is 0.142 e. The molecule has 3 fully saturated rings. The van der Waals surface area contributed by atoms with E-state index in [1.54, 1.807) is 19.5 Å². The second kappa shape index (κ2) is 7.16. The second-order valence-electron chi connectivity index (χ2n) is 10.7. The van der Waals surface area contributed by atoms with Crippen molar-refractivity contribution in [3.8, 4) is 0 Å². The van der Waals surface area contributed by atoms with Crippen LogP contribution in [-0.4, -0.2) is 35.2 Å². The van der Waals surface area contributed by atoms with Gasteiger partial charge in [0.2, 0.25) is 0 Å². The number of Topliss-reactive ketones (excluding diaryl/α,β-unsaturated/α-hetero) is 1. The zero-order chi connectivity index (χ0) is 21.0. The Labute approximate surface area is 175 Å². The minimum atomic E-state index is -0.568. The molecule has 4 nitrogen and oxygen atoms in total. The van der Waals surface area contributed by atoms with E-state index in [0.29, 0.717) is 24.5 Å². The Balaban J connectivity index is 1.81. The summed E-state index contributed by atoms with van der Waals surface area (Å²) in [7, 11) is 1.80. The fourth-order valence-corrected chi connectivity index (χ4v) is 7.64. The summed E-state index contributed by atoms with van der Waals surface area (Å²) in [5.41, 5.74) is 0.264. The van der Waals surface area contributed by atoms with Gasteiger partial charge >= 0.3 is 0 Å². The highest BCUT2D eigenvalue weighted by molar-refractivity contribution is 5.88. The Morgan fingerprint density at radius 1 is 1.17 bits per heavy atom. The Morgan fingerprint density at radius 2 is 1.83 bits per heavy atom. The molecule has 160 valence electrons. The molecule has 0 aromatic carbocycles. The minimum Gasteiger partial charge on any atom is -0.393 e. The van der Waals surface area contributed by atoms with Crippen LogP contribution in [0.1, 0.15) is 65.4 Å². The molecule has 0 radical (unpaired) electrons. The molecule has 3 saturated carbocycles. The minimum absolute atomic E-state index is 0.0150. The zero-order valence-electron chi connectivity index (χ0n) is 18.6. The molecule has 0 spiro atoms. The van der Waals surface area contributed by atoms with Crippen molar-refractivity contribution < 1.29 is 14.6 Å².